The number of nitrogens with zero attached hydrogens (tertiary/aromatic N) is 3. The first-order valence-corrected chi connectivity index (χ1v) is 8.22. The van der Waals surface area contributed by atoms with Crippen molar-refractivity contribution in [3.05, 3.63) is 89.7 Å². The molecule has 0 spiro atoms. The molecule has 0 saturated carbocycles. The van der Waals surface area contributed by atoms with Gasteiger partial charge in [-0.15, -0.1) is 0 Å². The summed E-state index contributed by atoms with van der Waals surface area (Å²) in [4.78, 5) is 15.2. The summed E-state index contributed by atoms with van der Waals surface area (Å²) in [6.07, 6.45) is 4.48. The number of amides is 1. The molecule has 0 radical (unpaired) electrons. The Morgan fingerprint density at radius 1 is 0.958 bits per heavy atom. The Morgan fingerprint density at radius 3 is 2.46 bits per heavy atom. The fourth-order valence-electron chi connectivity index (χ4n) is 3.33. The molecular weight excluding hydrogens is 298 g/mol. The fraction of sp³-hybridized carbons (Fsp3) is 0.200. The van der Waals surface area contributed by atoms with Crippen molar-refractivity contribution in [3.8, 4) is 0 Å². The summed E-state index contributed by atoms with van der Waals surface area (Å²) in [5, 5.41) is 4.32. The van der Waals surface area contributed by atoms with Gasteiger partial charge in [-0.25, -0.2) is 0 Å². The van der Waals surface area contributed by atoms with Crippen molar-refractivity contribution in [2.75, 3.05) is 6.54 Å². The van der Waals surface area contributed by atoms with E-state index in [1.807, 2.05) is 53.6 Å². The summed E-state index contributed by atoms with van der Waals surface area (Å²) in [5.41, 5.74) is 3.55. The van der Waals surface area contributed by atoms with E-state index in [1.165, 1.54) is 11.1 Å². The van der Waals surface area contributed by atoms with Crippen molar-refractivity contribution in [3.63, 3.8) is 0 Å². The van der Waals surface area contributed by atoms with E-state index in [9.17, 15) is 4.79 Å². The van der Waals surface area contributed by atoms with E-state index < -0.39 is 6.04 Å². The molecule has 0 fully saturated rings. The average Bonchev–Trinajstić information content (AvgIpc) is 3.16. The van der Waals surface area contributed by atoms with Crippen LogP contribution in [0.4, 0.5) is 0 Å². The second kappa shape index (κ2) is 6.32. The maximum atomic E-state index is 13.3. The second-order valence-corrected chi connectivity index (χ2v) is 6.08. The lowest BCUT2D eigenvalue weighted by Gasteiger charge is -2.32. The lowest BCUT2D eigenvalue weighted by Crippen LogP contribution is -2.41. The van der Waals surface area contributed by atoms with Gasteiger partial charge in [0.15, 0.2) is 6.04 Å². The van der Waals surface area contributed by atoms with Crippen LogP contribution < -0.4 is 0 Å². The van der Waals surface area contributed by atoms with E-state index in [-0.39, 0.29) is 5.91 Å². The van der Waals surface area contributed by atoms with E-state index in [1.54, 1.807) is 10.9 Å². The predicted molar refractivity (Wildman–Crippen MR) is 92.4 cm³/mol. The number of fused-ring (bicyclic) bond motifs is 1. The highest BCUT2D eigenvalue weighted by molar-refractivity contribution is 5.83. The normalized spacial score (nSPS) is 14.9. The third-order valence-electron chi connectivity index (χ3n) is 4.58. The van der Waals surface area contributed by atoms with Gasteiger partial charge in [-0.3, -0.25) is 9.48 Å². The molecule has 1 amide bonds. The Bertz CT molecular complexity index is 827. The summed E-state index contributed by atoms with van der Waals surface area (Å²) >= 11 is 0. The zero-order chi connectivity index (χ0) is 16.4. The number of carbonyl (C=O) groups excluding carboxylic acids is 1. The molecule has 0 saturated heterocycles. The van der Waals surface area contributed by atoms with Crippen LogP contribution in [0.5, 0.6) is 0 Å². The molecule has 1 unspecified atom stereocenters. The van der Waals surface area contributed by atoms with Gasteiger partial charge in [0.1, 0.15) is 0 Å². The summed E-state index contributed by atoms with van der Waals surface area (Å²) in [5.74, 6) is 0.0967. The first-order valence-electron chi connectivity index (χ1n) is 8.22. The van der Waals surface area contributed by atoms with Crippen LogP contribution in [0.15, 0.2) is 73.1 Å². The molecule has 2 heterocycles. The summed E-state index contributed by atoms with van der Waals surface area (Å²) in [6, 6.07) is 19.7. The SMILES string of the molecule is O=C(C(c1ccccc1)n1cccn1)N1CCc2ccccc2C1. The van der Waals surface area contributed by atoms with Gasteiger partial charge in [0.05, 0.1) is 0 Å². The van der Waals surface area contributed by atoms with Crippen LogP contribution in [-0.2, 0) is 17.8 Å². The lowest BCUT2D eigenvalue weighted by molar-refractivity contribution is -0.134. The topological polar surface area (TPSA) is 38.1 Å². The van der Waals surface area contributed by atoms with Crippen molar-refractivity contribution < 1.29 is 4.79 Å². The Labute approximate surface area is 141 Å². The van der Waals surface area contributed by atoms with Crippen molar-refractivity contribution in [2.24, 2.45) is 0 Å². The molecule has 4 heteroatoms. The van der Waals surface area contributed by atoms with Gasteiger partial charge in [-0.2, -0.15) is 5.10 Å². The van der Waals surface area contributed by atoms with E-state index in [0.717, 1.165) is 18.5 Å². The molecule has 0 aliphatic carbocycles. The first kappa shape index (κ1) is 14.7. The molecule has 0 N–H and O–H groups in total. The van der Waals surface area contributed by atoms with Crippen molar-refractivity contribution in [1.82, 2.24) is 14.7 Å². The second-order valence-electron chi connectivity index (χ2n) is 6.08. The molecule has 2 aromatic carbocycles. The fourth-order valence-corrected chi connectivity index (χ4v) is 3.33. The van der Waals surface area contributed by atoms with Crippen molar-refractivity contribution in [2.45, 2.75) is 19.0 Å². The summed E-state index contributed by atoms with van der Waals surface area (Å²) in [7, 11) is 0. The Morgan fingerprint density at radius 2 is 1.71 bits per heavy atom. The van der Waals surface area contributed by atoms with E-state index >= 15 is 0 Å². The molecule has 1 atom stereocenters. The molecule has 0 bridgehead atoms. The summed E-state index contributed by atoms with van der Waals surface area (Å²) < 4.78 is 1.75. The minimum Gasteiger partial charge on any atom is -0.336 e. The van der Waals surface area contributed by atoms with Crippen LogP contribution >= 0.6 is 0 Å². The minimum atomic E-state index is -0.411. The predicted octanol–water partition coefficient (Wildman–Crippen LogP) is 3.06. The van der Waals surface area contributed by atoms with Crippen molar-refractivity contribution >= 4 is 5.91 Å². The number of carbonyl (C=O) groups is 1. The molecule has 24 heavy (non-hydrogen) atoms. The molecular formula is C20H19N3O. The number of aromatic nitrogens is 2. The molecule has 1 aromatic heterocycles. The van der Waals surface area contributed by atoms with Crippen molar-refractivity contribution in [1.29, 1.82) is 0 Å². The van der Waals surface area contributed by atoms with Gasteiger partial charge in [-0.05, 0) is 29.2 Å². The van der Waals surface area contributed by atoms with Gasteiger partial charge in [-0.1, -0.05) is 54.6 Å². The third kappa shape index (κ3) is 2.71. The summed E-state index contributed by atoms with van der Waals surface area (Å²) in [6.45, 7) is 1.42. The van der Waals surface area contributed by atoms with Crippen LogP contribution in [0, 0.1) is 0 Å². The largest absolute Gasteiger partial charge is 0.336 e. The number of benzene rings is 2. The Balaban J connectivity index is 1.66. The van der Waals surface area contributed by atoms with Gasteiger partial charge < -0.3 is 4.90 Å². The van der Waals surface area contributed by atoms with E-state index in [0.29, 0.717) is 6.54 Å². The van der Waals surface area contributed by atoms with Gasteiger partial charge in [0.2, 0.25) is 0 Å². The highest BCUT2D eigenvalue weighted by Crippen LogP contribution is 2.25. The molecule has 4 nitrogen and oxygen atoms in total. The Kier molecular flexibility index (Phi) is 3.87. The number of hydrogen-bond acceptors (Lipinski definition) is 2. The maximum absolute atomic E-state index is 13.3. The van der Waals surface area contributed by atoms with Gasteiger partial charge >= 0.3 is 0 Å². The van der Waals surface area contributed by atoms with E-state index in [4.69, 9.17) is 0 Å². The number of rotatable bonds is 3. The van der Waals surface area contributed by atoms with Gasteiger partial charge in [0, 0.05) is 25.5 Å². The number of hydrogen-bond donors (Lipinski definition) is 0. The standard InChI is InChI=1S/C20H19N3O/c24-20(22-14-11-16-7-4-5-10-18(16)15-22)19(23-13-6-12-21-23)17-8-2-1-3-9-17/h1-10,12-13,19H,11,14-15H2. The molecule has 4 rings (SSSR count). The van der Waals surface area contributed by atoms with Gasteiger partial charge in [0.25, 0.3) is 5.91 Å². The highest BCUT2D eigenvalue weighted by atomic mass is 16.2. The quantitative estimate of drug-likeness (QED) is 0.744. The smallest absolute Gasteiger partial charge is 0.252 e. The van der Waals surface area contributed by atoms with Crippen LogP contribution in [0.1, 0.15) is 22.7 Å². The third-order valence-corrected chi connectivity index (χ3v) is 4.58. The molecule has 1 aliphatic heterocycles. The van der Waals surface area contributed by atoms with Crippen LogP contribution in [0.25, 0.3) is 0 Å². The van der Waals surface area contributed by atoms with E-state index in [2.05, 4.69) is 23.3 Å². The lowest BCUT2D eigenvalue weighted by atomic mass is 9.98. The first-order chi connectivity index (χ1) is 11.8. The van der Waals surface area contributed by atoms with Crippen LogP contribution in [0.2, 0.25) is 0 Å². The minimum absolute atomic E-state index is 0.0967. The highest BCUT2D eigenvalue weighted by Gasteiger charge is 2.29. The zero-order valence-electron chi connectivity index (χ0n) is 13.4. The zero-order valence-corrected chi connectivity index (χ0v) is 13.4. The monoisotopic (exact) mass is 317 g/mol. The Hall–Kier alpha value is -2.88. The molecule has 1 aliphatic rings. The average molecular weight is 317 g/mol. The molecule has 120 valence electrons. The van der Waals surface area contributed by atoms with Crippen LogP contribution in [-0.4, -0.2) is 27.1 Å². The maximum Gasteiger partial charge on any atom is 0.252 e. The van der Waals surface area contributed by atoms with Crippen LogP contribution in [0.3, 0.4) is 0 Å². The molecule has 3 aromatic rings.